The van der Waals surface area contributed by atoms with E-state index in [0.29, 0.717) is 0 Å². The zero-order valence-electron chi connectivity index (χ0n) is 9.37. The van der Waals surface area contributed by atoms with Crippen LogP contribution in [0.3, 0.4) is 0 Å². The molecule has 0 saturated carbocycles. The molecule has 1 aromatic rings. The summed E-state index contributed by atoms with van der Waals surface area (Å²) >= 11 is 0. The van der Waals surface area contributed by atoms with Crippen LogP contribution in [-0.4, -0.2) is 48.1 Å². The van der Waals surface area contributed by atoms with Gasteiger partial charge in [-0.1, -0.05) is 0 Å². The SMILES string of the molecule is CN1CCCN(c2ncccn2)CC1.Cl.Cl. The third-order valence-corrected chi connectivity index (χ3v) is 2.55. The minimum absolute atomic E-state index is 0. The van der Waals surface area contributed by atoms with Gasteiger partial charge in [-0.25, -0.2) is 9.97 Å². The second-order valence-electron chi connectivity index (χ2n) is 3.69. The van der Waals surface area contributed by atoms with Gasteiger partial charge in [-0.05, 0) is 26.1 Å². The summed E-state index contributed by atoms with van der Waals surface area (Å²) < 4.78 is 0. The molecule has 0 amide bonds. The summed E-state index contributed by atoms with van der Waals surface area (Å²) in [4.78, 5) is 13.1. The number of anilines is 1. The van der Waals surface area contributed by atoms with Gasteiger partial charge < -0.3 is 9.80 Å². The van der Waals surface area contributed by atoms with Crippen molar-refractivity contribution in [3.63, 3.8) is 0 Å². The Morgan fingerprint density at radius 3 is 2.38 bits per heavy atom. The van der Waals surface area contributed by atoms with Crippen molar-refractivity contribution in [2.45, 2.75) is 6.42 Å². The van der Waals surface area contributed by atoms with Gasteiger partial charge in [0.15, 0.2) is 0 Å². The van der Waals surface area contributed by atoms with Crippen LogP contribution < -0.4 is 4.90 Å². The third kappa shape index (κ3) is 4.12. The first kappa shape index (κ1) is 15.4. The largest absolute Gasteiger partial charge is 0.339 e. The Balaban J connectivity index is 0.00000112. The van der Waals surface area contributed by atoms with Crippen molar-refractivity contribution in [3.05, 3.63) is 18.5 Å². The maximum Gasteiger partial charge on any atom is 0.225 e. The molecule has 4 nitrogen and oxygen atoms in total. The predicted molar refractivity (Wildman–Crippen MR) is 70.9 cm³/mol. The molecule has 0 spiro atoms. The molecule has 0 atom stereocenters. The van der Waals surface area contributed by atoms with E-state index in [0.717, 1.165) is 25.6 Å². The van der Waals surface area contributed by atoms with Crippen molar-refractivity contribution in [2.24, 2.45) is 0 Å². The normalized spacial score (nSPS) is 16.9. The first-order valence-electron chi connectivity index (χ1n) is 5.07. The highest BCUT2D eigenvalue weighted by molar-refractivity contribution is 5.85. The van der Waals surface area contributed by atoms with Gasteiger partial charge in [-0.15, -0.1) is 24.8 Å². The van der Waals surface area contributed by atoms with Gasteiger partial charge in [-0.2, -0.15) is 0 Å². The average molecular weight is 265 g/mol. The van der Waals surface area contributed by atoms with Crippen LogP contribution >= 0.6 is 24.8 Å². The molecule has 0 bridgehead atoms. The van der Waals surface area contributed by atoms with Gasteiger partial charge in [-0.3, -0.25) is 0 Å². The Labute approximate surface area is 109 Å². The van der Waals surface area contributed by atoms with E-state index < -0.39 is 0 Å². The van der Waals surface area contributed by atoms with E-state index in [4.69, 9.17) is 0 Å². The van der Waals surface area contributed by atoms with Crippen LogP contribution in [0.1, 0.15) is 6.42 Å². The van der Waals surface area contributed by atoms with Crippen LogP contribution in [-0.2, 0) is 0 Å². The number of hydrogen-bond donors (Lipinski definition) is 0. The minimum atomic E-state index is 0. The lowest BCUT2D eigenvalue weighted by molar-refractivity contribution is 0.360. The van der Waals surface area contributed by atoms with Crippen molar-refractivity contribution >= 4 is 30.8 Å². The highest BCUT2D eigenvalue weighted by Crippen LogP contribution is 2.08. The maximum absolute atomic E-state index is 4.27. The monoisotopic (exact) mass is 264 g/mol. The summed E-state index contributed by atoms with van der Waals surface area (Å²) in [7, 11) is 2.16. The molecule has 0 aliphatic carbocycles. The maximum atomic E-state index is 4.27. The smallest absolute Gasteiger partial charge is 0.225 e. The Kier molecular flexibility index (Phi) is 7.38. The van der Waals surface area contributed by atoms with E-state index in [1.54, 1.807) is 12.4 Å². The van der Waals surface area contributed by atoms with E-state index in [9.17, 15) is 0 Å². The van der Waals surface area contributed by atoms with Gasteiger partial charge in [0.25, 0.3) is 0 Å². The molecule has 0 radical (unpaired) electrons. The molecule has 1 aromatic heterocycles. The van der Waals surface area contributed by atoms with E-state index >= 15 is 0 Å². The van der Waals surface area contributed by atoms with Crippen LogP contribution in [0, 0.1) is 0 Å². The zero-order chi connectivity index (χ0) is 9.80. The lowest BCUT2D eigenvalue weighted by Gasteiger charge is -2.19. The van der Waals surface area contributed by atoms with Crippen LogP contribution in [0.5, 0.6) is 0 Å². The summed E-state index contributed by atoms with van der Waals surface area (Å²) in [5.41, 5.74) is 0. The van der Waals surface area contributed by atoms with Crippen LogP contribution in [0.2, 0.25) is 0 Å². The summed E-state index contributed by atoms with van der Waals surface area (Å²) in [5, 5.41) is 0. The molecule has 2 heterocycles. The number of rotatable bonds is 1. The molecule has 0 N–H and O–H groups in total. The van der Waals surface area contributed by atoms with Crippen LogP contribution in [0.4, 0.5) is 5.95 Å². The molecular weight excluding hydrogens is 247 g/mol. The van der Waals surface area contributed by atoms with Gasteiger partial charge >= 0.3 is 0 Å². The first-order valence-corrected chi connectivity index (χ1v) is 5.07. The molecule has 6 heteroatoms. The number of likely N-dealkylation sites (N-methyl/N-ethyl adjacent to an activating group) is 1. The Bertz CT molecular complexity index is 283. The lowest BCUT2D eigenvalue weighted by atomic mass is 10.4. The number of halogens is 2. The molecule has 1 saturated heterocycles. The highest BCUT2D eigenvalue weighted by Gasteiger charge is 2.13. The van der Waals surface area contributed by atoms with Gasteiger partial charge in [0.05, 0.1) is 0 Å². The van der Waals surface area contributed by atoms with E-state index in [1.165, 1.54) is 13.0 Å². The molecule has 2 rings (SSSR count). The average Bonchev–Trinajstić information content (AvgIpc) is 2.44. The second-order valence-corrected chi connectivity index (χ2v) is 3.69. The molecule has 1 fully saturated rings. The predicted octanol–water partition coefficient (Wildman–Crippen LogP) is 1.46. The summed E-state index contributed by atoms with van der Waals surface area (Å²) in [6, 6.07) is 1.85. The number of aromatic nitrogens is 2. The van der Waals surface area contributed by atoms with E-state index in [-0.39, 0.29) is 24.8 Å². The summed E-state index contributed by atoms with van der Waals surface area (Å²) in [6.45, 7) is 4.36. The minimum Gasteiger partial charge on any atom is -0.339 e. The number of hydrogen-bond acceptors (Lipinski definition) is 4. The Hall–Kier alpha value is -0.580. The fourth-order valence-electron chi connectivity index (χ4n) is 1.70. The van der Waals surface area contributed by atoms with Crippen LogP contribution in [0.25, 0.3) is 0 Å². The number of nitrogens with zero attached hydrogens (tertiary/aromatic N) is 4. The molecule has 0 aromatic carbocycles. The molecule has 16 heavy (non-hydrogen) atoms. The van der Waals surface area contributed by atoms with Crippen molar-refractivity contribution < 1.29 is 0 Å². The molecule has 1 aliphatic rings. The summed E-state index contributed by atoms with van der Waals surface area (Å²) in [5.74, 6) is 0.864. The quantitative estimate of drug-likeness (QED) is 0.769. The molecule has 1 aliphatic heterocycles. The van der Waals surface area contributed by atoms with Crippen molar-refractivity contribution in [1.82, 2.24) is 14.9 Å². The topological polar surface area (TPSA) is 32.3 Å². The second kappa shape index (κ2) is 7.65. The third-order valence-electron chi connectivity index (χ3n) is 2.55. The highest BCUT2D eigenvalue weighted by atomic mass is 35.5. The van der Waals surface area contributed by atoms with Gasteiger partial charge in [0.2, 0.25) is 5.95 Å². The molecule has 92 valence electrons. The standard InChI is InChI=1S/C10H16N4.2ClH/c1-13-6-3-7-14(9-8-13)10-11-4-2-5-12-10;;/h2,4-5H,3,6-9H2,1H3;2*1H. The lowest BCUT2D eigenvalue weighted by Crippen LogP contribution is -2.29. The van der Waals surface area contributed by atoms with Crippen molar-refractivity contribution in [2.75, 3.05) is 38.1 Å². The summed E-state index contributed by atoms with van der Waals surface area (Å²) in [6.07, 6.45) is 4.79. The zero-order valence-corrected chi connectivity index (χ0v) is 11.0. The van der Waals surface area contributed by atoms with Crippen molar-refractivity contribution in [3.8, 4) is 0 Å². The van der Waals surface area contributed by atoms with E-state index in [1.807, 2.05) is 6.07 Å². The Morgan fingerprint density at radius 2 is 1.69 bits per heavy atom. The van der Waals surface area contributed by atoms with E-state index in [2.05, 4.69) is 26.8 Å². The first-order chi connectivity index (χ1) is 6.86. The fraction of sp³-hybridized carbons (Fsp3) is 0.600. The van der Waals surface area contributed by atoms with Crippen molar-refractivity contribution in [1.29, 1.82) is 0 Å². The van der Waals surface area contributed by atoms with Gasteiger partial charge in [0, 0.05) is 32.0 Å². The molecule has 0 unspecified atom stereocenters. The fourth-order valence-corrected chi connectivity index (χ4v) is 1.70. The molecular formula is C10H18Cl2N4. The van der Waals surface area contributed by atoms with Gasteiger partial charge in [0.1, 0.15) is 0 Å². The Morgan fingerprint density at radius 1 is 1.00 bits per heavy atom. The van der Waals surface area contributed by atoms with Crippen LogP contribution in [0.15, 0.2) is 18.5 Å².